The molecule has 18 heteroatoms. The molecule has 7 atom stereocenters. The van der Waals surface area contributed by atoms with Crippen LogP contribution in [0.4, 0.5) is 0 Å². The first kappa shape index (κ1) is 54.9. The third-order valence-corrected chi connectivity index (χ3v) is 14.5. The molecule has 65 heavy (non-hydrogen) atoms. The maximum Gasteiger partial charge on any atom is 0.307 e. The number of rotatable bonds is 25. The average Bonchev–Trinajstić information content (AvgIpc) is 3.63. The minimum atomic E-state index is -2.36. The molecule has 1 aliphatic rings. The predicted molar refractivity (Wildman–Crippen MR) is 253 cm³/mol. The summed E-state index contributed by atoms with van der Waals surface area (Å²) in [5.74, 6) is -3.37. The maximum atomic E-state index is 14.9. The number of nitrogens with one attached hydrogen (secondary N) is 3. The van der Waals surface area contributed by atoms with E-state index in [-0.39, 0.29) is 67.1 Å². The first-order valence-corrected chi connectivity index (χ1v) is 27.3. The van der Waals surface area contributed by atoms with Crippen LogP contribution in [0.25, 0.3) is 0 Å². The zero-order valence-electron chi connectivity index (χ0n) is 40.3. The summed E-state index contributed by atoms with van der Waals surface area (Å²) in [6.45, 7) is 16.9. The van der Waals surface area contributed by atoms with Crippen LogP contribution in [0.5, 0.6) is 5.75 Å². The Hall–Kier alpha value is -4.39. The number of likely N-dealkylation sites (tertiary alicyclic amines) is 1. The van der Waals surface area contributed by atoms with Gasteiger partial charge in [-0.1, -0.05) is 72.9 Å². The highest BCUT2D eigenvalue weighted by Crippen LogP contribution is 2.32. The highest BCUT2D eigenvalue weighted by Gasteiger charge is 2.39. The van der Waals surface area contributed by atoms with Crippen LogP contribution in [0.3, 0.4) is 0 Å². The molecule has 3 rings (SSSR count). The maximum absolute atomic E-state index is 14.9. The zero-order chi connectivity index (χ0) is 48.4. The number of likely N-dealkylation sites (N-methyl/N-ethyl adjacent to an activating group) is 1. The fourth-order valence-corrected chi connectivity index (χ4v) is 9.50. The highest BCUT2D eigenvalue weighted by atomic mass is 32.1. The van der Waals surface area contributed by atoms with Crippen molar-refractivity contribution in [3.8, 4) is 5.75 Å². The van der Waals surface area contributed by atoms with Crippen LogP contribution < -0.4 is 16.0 Å². The number of benzene rings is 1. The Morgan fingerprint density at radius 1 is 1.00 bits per heavy atom. The molecule has 1 aromatic carbocycles. The van der Waals surface area contributed by atoms with E-state index < -0.39 is 62.2 Å². The summed E-state index contributed by atoms with van der Waals surface area (Å²) in [5, 5.41) is 20.8. The number of nitrogens with zero attached hydrogens (tertiary/aromatic N) is 3. The molecule has 1 unspecified atom stereocenters. The number of ether oxygens (including phenoxy) is 2. The van der Waals surface area contributed by atoms with Gasteiger partial charge in [0.2, 0.25) is 17.7 Å². The second kappa shape index (κ2) is 26.7. The summed E-state index contributed by atoms with van der Waals surface area (Å²) in [7, 11) is -0.434. The fraction of sp³-hybridized carbons (Fsp3) is 0.681. The van der Waals surface area contributed by atoms with Crippen molar-refractivity contribution in [1.82, 2.24) is 30.7 Å². The van der Waals surface area contributed by atoms with E-state index in [4.69, 9.17) is 9.47 Å². The molecular formula is C47H76N6O10SSi. The minimum absolute atomic E-state index is 0.0431. The van der Waals surface area contributed by atoms with Crippen LogP contribution in [-0.2, 0) is 39.9 Å². The first-order valence-electron chi connectivity index (χ1n) is 23.3. The summed E-state index contributed by atoms with van der Waals surface area (Å²) < 4.78 is 11.6. The summed E-state index contributed by atoms with van der Waals surface area (Å²) in [6, 6.07) is 4.59. The number of carbonyl (C=O) groups excluding carboxylic acids is 6. The van der Waals surface area contributed by atoms with E-state index in [0.29, 0.717) is 43.3 Å². The molecule has 2 aromatic rings. The molecule has 1 aliphatic heterocycles. The monoisotopic (exact) mass is 945 g/mol. The number of phenolic OH excluding ortho intramolecular Hbond substituents is 1. The number of thiazole rings is 1. The van der Waals surface area contributed by atoms with Gasteiger partial charge in [0.15, 0.2) is 21.2 Å². The topological polar surface area (TPSA) is 217 Å². The Morgan fingerprint density at radius 3 is 2.31 bits per heavy atom. The van der Waals surface area contributed by atoms with Gasteiger partial charge in [-0.25, -0.2) is 4.98 Å². The Morgan fingerprint density at radius 2 is 1.69 bits per heavy atom. The number of phenols is 1. The van der Waals surface area contributed by atoms with Crippen molar-refractivity contribution < 1.29 is 48.1 Å². The van der Waals surface area contributed by atoms with Gasteiger partial charge in [-0.15, -0.1) is 11.3 Å². The average molecular weight is 945 g/mol. The lowest BCUT2D eigenvalue weighted by Gasteiger charge is -2.39. The van der Waals surface area contributed by atoms with Gasteiger partial charge in [-0.05, 0) is 94.4 Å². The lowest BCUT2D eigenvalue weighted by atomic mass is 9.92. The van der Waals surface area contributed by atoms with E-state index in [1.54, 1.807) is 49.7 Å². The van der Waals surface area contributed by atoms with E-state index in [9.17, 15) is 38.7 Å². The third-order valence-electron chi connectivity index (χ3n) is 12.0. The summed E-state index contributed by atoms with van der Waals surface area (Å²) in [4.78, 5) is 99.7. The minimum Gasteiger partial charge on any atom is -0.508 e. The lowest BCUT2D eigenvalue weighted by Crippen LogP contribution is -2.58. The van der Waals surface area contributed by atoms with Gasteiger partial charge in [-0.2, -0.15) is 0 Å². The molecular weight excluding hydrogens is 869 g/mol. The molecule has 1 aromatic heterocycles. The second-order valence-corrected chi connectivity index (χ2v) is 23.7. The van der Waals surface area contributed by atoms with Crippen LogP contribution in [0, 0.1) is 17.8 Å². The molecule has 0 aliphatic carbocycles. The van der Waals surface area contributed by atoms with Crippen molar-refractivity contribution >= 4 is 55.2 Å². The zero-order valence-corrected chi connectivity index (χ0v) is 42.1. The van der Waals surface area contributed by atoms with Crippen LogP contribution in [0.1, 0.15) is 133 Å². The molecule has 0 spiro atoms. The van der Waals surface area contributed by atoms with Crippen molar-refractivity contribution in [2.24, 2.45) is 17.8 Å². The number of aromatic nitrogens is 1. The van der Waals surface area contributed by atoms with Crippen molar-refractivity contribution in [3.63, 3.8) is 0 Å². The van der Waals surface area contributed by atoms with E-state index in [1.165, 1.54) is 11.8 Å². The molecule has 0 bridgehead atoms. The SMILES string of the molecule is CCCC(=O)OCN(C(=O)[C@@H](NC(=O)[C@H]1CCCCCN1C)C(C)CC)[C@H](C[C@@H](OC(C)=O)c1nc(C(=O)N[C@@H](Cc2ccc(O)cc2)C[C@H](C)C(=O)NCC[Si](C)(C)O)cs1)C(C)C. The molecule has 0 radical (unpaired) electrons. The van der Waals surface area contributed by atoms with Crippen molar-refractivity contribution in [2.45, 2.75) is 162 Å². The number of amides is 4. The van der Waals surface area contributed by atoms with Gasteiger partial charge >= 0.3 is 11.9 Å². The lowest BCUT2D eigenvalue weighted by molar-refractivity contribution is -0.160. The summed E-state index contributed by atoms with van der Waals surface area (Å²) in [5.41, 5.74) is 0.893. The Kier molecular flexibility index (Phi) is 22.5. The number of hydrogen-bond acceptors (Lipinski definition) is 13. The van der Waals surface area contributed by atoms with E-state index in [2.05, 4.69) is 20.9 Å². The quantitative estimate of drug-likeness (QED) is 0.0435. The second-order valence-electron chi connectivity index (χ2n) is 18.7. The van der Waals surface area contributed by atoms with E-state index >= 15 is 0 Å². The number of aromatic hydroxyl groups is 1. The van der Waals surface area contributed by atoms with Crippen LogP contribution >= 0.6 is 11.3 Å². The number of esters is 2. The largest absolute Gasteiger partial charge is 0.508 e. The standard InChI is InChI=1S/C47H76N6O10SSi/c1-11-16-41(56)62-29-53(47(60)42(31(5)12-2)51-45(59)38-17-14-13-15-23-52(38)8)39(30(3)4)27-40(63-33(7)54)46-50-37(28-64-46)44(58)49-35(26-34-18-20-36(55)21-19-34)25-32(6)43(57)48-22-24-65(9,10)61/h18-21,28,30-32,35,38-40,42,55,61H,11-17,22-27,29H2,1-10H3,(H,48,57)(H,49,58)(H,51,59)/t31?,32-,35+,38+,39+,40+,42-/m0/s1. The van der Waals surface area contributed by atoms with Crippen molar-refractivity contribution in [1.29, 1.82) is 0 Å². The van der Waals surface area contributed by atoms with Crippen molar-refractivity contribution in [2.75, 3.05) is 26.9 Å². The first-order chi connectivity index (χ1) is 30.6. The summed E-state index contributed by atoms with van der Waals surface area (Å²) >= 11 is 1.12. The van der Waals surface area contributed by atoms with Gasteiger partial charge < -0.3 is 40.2 Å². The van der Waals surface area contributed by atoms with Crippen LogP contribution in [0.15, 0.2) is 29.6 Å². The molecule has 5 N–H and O–H groups in total. The molecule has 2 heterocycles. The van der Waals surface area contributed by atoms with Crippen molar-refractivity contribution in [3.05, 3.63) is 45.9 Å². The molecule has 1 fully saturated rings. The molecule has 0 saturated carbocycles. The van der Waals surface area contributed by atoms with Gasteiger partial charge in [0, 0.05) is 49.7 Å². The Labute approximate surface area is 391 Å². The van der Waals surface area contributed by atoms with E-state index in [0.717, 1.165) is 42.7 Å². The van der Waals surface area contributed by atoms with Gasteiger partial charge in [-0.3, -0.25) is 33.7 Å². The molecule has 364 valence electrons. The van der Waals surface area contributed by atoms with Gasteiger partial charge in [0.05, 0.1) is 6.04 Å². The molecule has 1 saturated heterocycles. The van der Waals surface area contributed by atoms with Crippen LogP contribution in [0.2, 0.25) is 19.1 Å². The smallest absolute Gasteiger partial charge is 0.307 e. The Bertz CT molecular complexity index is 1860. The number of hydrogen-bond donors (Lipinski definition) is 5. The summed E-state index contributed by atoms with van der Waals surface area (Å²) in [6.07, 6.45) is 4.55. The Balaban J connectivity index is 1.94. The van der Waals surface area contributed by atoms with Crippen LogP contribution in [-0.4, -0.2) is 120 Å². The third kappa shape index (κ3) is 18.4. The van der Waals surface area contributed by atoms with Gasteiger partial charge in [0.1, 0.15) is 22.5 Å². The van der Waals surface area contributed by atoms with Gasteiger partial charge in [0.25, 0.3) is 5.91 Å². The normalized spacial score (nSPS) is 17.4. The van der Waals surface area contributed by atoms with E-state index in [1.807, 2.05) is 46.6 Å². The highest BCUT2D eigenvalue weighted by molar-refractivity contribution is 7.09. The fourth-order valence-electron chi connectivity index (χ4n) is 7.92. The number of carbonyl (C=O) groups is 6. The molecule has 16 nitrogen and oxygen atoms in total. The predicted octanol–water partition coefficient (Wildman–Crippen LogP) is 6.08. The molecule has 4 amide bonds.